The predicted molar refractivity (Wildman–Crippen MR) is 120 cm³/mol. The molecule has 3 nitrogen and oxygen atoms in total. The molecule has 0 saturated carbocycles. The van der Waals surface area contributed by atoms with Gasteiger partial charge in [-0.2, -0.15) is 0 Å². The summed E-state index contributed by atoms with van der Waals surface area (Å²) in [6.07, 6.45) is 11.6. The molecule has 0 unspecified atom stereocenters. The summed E-state index contributed by atoms with van der Waals surface area (Å²) in [6, 6.07) is 16.9. The van der Waals surface area contributed by atoms with E-state index in [2.05, 4.69) is 19.1 Å². The zero-order valence-electron chi connectivity index (χ0n) is 17.4. The molecule has 0 saturated heterocycles. The maximum absolute atomic E-state index is 12.6. The third-order valence-corrected chi connectivity index (χ3v) is 5.07. The van der Waals surface area contributed by atoms with Gasteiger partial charge in [-0.25, -0.2) is 9.78 Å². The van der Waals surface area contributed by atoms with Gasteiger partial charge >= 0.3 is 5.97 Å². The lowest BCUT2D eigenvalue weighted by atomic mass is 10.1. The minimum atomic E-state index is -0.351. The number of hydrogen-bond acceptors (Lipinski definition) is 3. The van der Waals surface area contributed by atoms with Crippen molar-refractivity contribution >= 4 is 22.9 Å². The highest BCUT2D eigenvalue weighted by atomic mass is 16.5. The summed E-state index contributed by atoms with van der Waals surface area (Å²) in [5.74, 6) is 0.239. The number of carbonyl (C=O) groups is 1. The van der Waals surface area contributed by atoms with Crippen molar-refractivity contribution in [3.8, 4) is 5.75 Å². The first-order valence-corrected chi connectivity index (χ1v) is 10.5. The molecule has 0 bridgehead atoms. The van der Waals surface area contributed by atoms with Gasteiger partial charge in [-0.3, -0.25) is 0 Å². The number of carbonyl (C=O) groups excluding carboxylic acids is 1. The fourth-order valence-electron chi connectivity index (χ4n) is 3.38. The Labute approximate surface area is 173 Å². The summed E-state index contributed by atoms with van der Waals surface area (Å²) in [5.41, 5.74) is 3.11. The molecule has 0 spiro atoms. The first-order valence-electron chi connectivity index (χ1n) is 10.5. The Bertz CT molecular complexity index is 977. The number of rotatable bonds is 9. The zero-order chi connectivity index (χ0) is 20.5. The number of aromatic nitrogens is 1. The van der Waals surface area contributed by atoms with Crippen molar-refractivity contribution in [2.75, 3.05) is 0 Å². The van der Waals surface area contributed by atoms with Crippen LogP contribution in [0.5, 0.6) is 5.75 Å². The maximum atomic E-state index is 12.6. The van der Waals surface area contributed by atoms with E-state index in [9.17, 15) is 4.79 Å². The van der Waals surface area contributed by atoms with Gasteiger partial charge < -0.3 is 4.74 Å². The van der Waals surface area contributed by atoms with E-state index < -0.39 is 0 Å². The second-order valence-electron chi connectivity index (χ2n) is 7.33. The molecule has 0 radical (unpaired) electrons. The molecule has 150 valence electrons. The van der Waals surface area contributed by atoms with Crippen LogP contribution in [0, 0.1) is 6.92 Å². The van der Waals surface area contributed by atoms with Crippen LogP contribution in [-0.4, -0.2) is 11.0 Å². The van der Waals surface area contributed by atoms with Crippen LogP contribution >= 0.6 is 0 Å². The fraction of sp³-hybridized carbons (Fsp3) is 0.308. The lowest BCUT2D eigenvalue weighted by Crippen LogP contribution is -2.10. The topological polar surface area (TPSA) is 39.2 Å². The summed E-state index contributed by atoms with van der Waals surface area (Å²) in [5, 5.41) is 0.853. The summed E-state index contributed by atoms with van der Waals surface area (Å²) in [7, 11) is 0. The number of benzene rings is 2. The minimum absolute atomic E-state index is 0.351. The minimum Gasteiger partial charge on any atom is -0.422 e. The van der Waals surface area contributed by atoms with Crippen LogP contribution in [0.2, 0.25) is 0 Å². The van der Waals surface area contributed by atoms with Gasteiger partial charge in [-0.15, -0.1) is 0 Å². The van der Waals surface area contributed by atoms with Crippen molar-refractivity contribution in [3.63, 3.8) is 0 Å². The van der Waals surface area contributed by atoms with Crippen LogP contribution in [0.3, 0.4) is 0 Å². The largest absolute Gasteiger partial charge is 0.422 e. The average Bonchev–Trinajstić information content (AvgIpc) is 2.76. The maximum Gasteiger partial charge on any atom is 0.343 e. The summed E-state index contributed by atoms with van der Waals surface area (Å²) in [4.78, 5) is 17.4. The number of pyridine rings is 1. The van der Waals surface area contributed by atoms with Crippen LogP contribution in [-0.2, 0) is 0 Å². The molecule has 3 aromatic rings. The first-order chi connectivity index (χ1) is 14.2. The number of nitrogens with zero attached hydrogens (tertiary/aromatic N) is 1. The molecule has 0 atom stereocenters. The number of fused-ring (bicyclic) bond motifs is 1. The molecule has 0 aliphatic rings. The molecule has 3 rings (SSSR count). The SMILES string of the molecule is CCCCCCC/C=C\c1nc2ccccc2c(OC(=O)c2ccccc2)c1C. The summed E-state index contributed by atoms with van der Waals surface area (Å²) < 4.78 is 5.84. The Balaban J connectivity index is 1.82. The molecule has 29 heavy (non-hydrogen) atoms. The van der Waals surface area contributed by atoms with E-state index in [1.807, 2.05) is 49.4 Å². The van der Waals surface area contributed by atoms with E-state index >= 15 is 0 Å². The van der Waals surface area contributed by atoms with Crippen molar-refractivity contribution in [2.45, 2.75) is 52.4 Å². The van der Waals surface area contributed by atoms with Gasteiger partial charge in [0.1, 0.15) is 5.75 Å². The number of esters is 1. The van der Waals surface area contributed by atoms with Gasteiger partial charge in [0, 0.05) is 10.9 Å². The van der Waals surface area contributed by atoms with Crippen LogP contribution in [0.25, 0.3) is 17.0 Å². The summed E-state index contributed by atoms with van der Waals surface area (Å²) in [6.45, 7) is 4.20. The van der Waals surface area contributed by atoms with Gasteiger partial charge in [-0.1, -0.05) is 69.0 Å². The highest BCUT2D eigenvalue weighted by Gasteiger charge is 2.16. The number of allylic oxidation sites excluding steroid dienone is 1. The number of ether oxygens (including phenoxy) is 1. The average molecular weight is 388 g/mol. The lowest BCUT2D eigenvalue weighted by Gasteiger charge is -2.13. The van der Waals surface area contributed by atoms with Crippen molar-refractivity contribution < 1.29 is 9.53 Å². The quantitative estimate of drug-likeness (QED) is 0.289. The van der Waals surface area contributed by atoms with Crippen molar-refractivity contribution in [3.05, 3.63) is 77.5 Å². The number of para-hydroxylation sites is 1. The van der Waals surface area contributed by atoms with Crippen molar-refractivity contribution in [1.29, 1.82) is 0 Å². The molecule has 1 heterocycles. The van der Waals surface area contributed by atoms with E-state index in [-0.39, 0.29) is 5.97 Å². The first kappa shape index (κ1) is 20.8. The van der Waals surface area contributed by atoms with Gasteiger partial charge in [0.2, 0.25) is 0 Å². The molecular formula is C26H29NO2. The highest BCUT2D eigenvalue weighted by molar-refractivity contribution is 5.95. The molecule has 1 aromatic heterocycles. The molecule has 0 fully saturated rings. The summed E-state index contributed by atoms with van der Waals surface area (Å²) >= 11 is 0. The van der Waals surface area contributed by atoms with Crippen molar-refractivity contribution in [2.24, 2.45) is 0 Å². The van der Waals surface area contributed by atoms with E-state index in [0.29, 0.717) is 11.3 Å². The molecule has 0 amide bonds. The molecule has 3 heteroatoms. The second kappa shape index (κ2) is 10.6. The van der Waals surface area contributed by atoms with Crippen LogP contribution in [0.15, 0.2) is 60.7 Å². The Morgan fingerprint density at radius 3 is 2.48 bits per heavy atom. The van der Waals surface area contributed by atoms with E-state index in [1.54, 1.807) is 12.1 Å². The Hall–Kier alpha value is -2.94. The molecule has 0 aliphatic heterocycles. The van der Waals surface area contributed by atoms with Crippen LogP contribution in [0.1, 0.15) is 67.1 Å². The van der Waals surface area contributed by atoms with Crippen LogP contribution < -0.4 is 4.74 Å². The van der Waals surface area contributed by atoms with Gasteiger partial charge in [-0.05, 0) is 50.1 Å². The highest BCUT2D eigenvalue weighted by Crippen LogP contribution is 2.31. The molecule has 2 aromatic carbocycles. The van der Waals surface area contributed by atoms with Crippen molar-refractivity contribution in [1.82, 2.24) is 4.98 Å². The van der Waals surface area contributed by atoms with Gasteiger partial charge in [0.15, 0.2) is 0 Å². The van der Waals surface area contributed by atoms with Gasteiger partial charge in [0.25, 0.3) is 0 Å². The third-order valence-electron chi connectivity index (χ3n) is 5.07. The molecule has 0 N–H and O–H groups in total. The monoisotopic (exact) mass is 387 g/mol. The van der Waals surface area contributed by atoms with Gasteiger partial charge in [0.05, 0.1) is 16.8 Å². The third kappa shape index (κ3) is 5.54. The Morgan fingerprint density at radius 2 is 1.69 bits per heavy atom. The Kier molecular flexibility index (Phi) is 7.57. The zero-order valence-corrected chi connectivity index (χ0v) is 17.4. The number of hydrogen-bond donors (Lipinski definition) is 0. The van der Waals surface area contributed by atoms with Crippen LogP contribution in [0.4, 0.5) is 0 Å². The van der Waals surface area contributed by atoms with E-state index in [4.69, 9.17) is 9.72 Å². The predicted octanol–water partition coefficient (Wildman–Crippen LogP) is 7.14. The van der Waals surface area contributed by atoms with E-state index in [1.165, 1.54) is 32.1 Å². The number of unbranched alkanes of at least 4 members (excludes halogenated alkanes) is 5. The second-order valence-corrected chi connectivity index (χ2v) is 7.33. The standard InChI is InChI=1S/C26H29NO2/c1-3-4-5-6-7-8-12-18-23-20(2)25(22-17-13-14-19-24(22)27-23)29-26(28)21-15-10-9-11-16-21/h9-19H,3-8H2,1-2H3/b18-12-. The smallest absolute Gasteiger partial charge is 0.343 e. The molecular weight excluding hydrogens is 358 g/mol. The fourth-order valence-corrected chi connectivity index (χ4v) is 3.38. The normalized spacial score (nSPS) is 11.2. The van der Waals surface area contributed by atoms with E-state index in [0.717, 1.165) is 28.6 Å². The lowest BCUT2D eigenvalue weighted by molar-refractivity contribution is 0.0736. The molecule has 0 aliphatic carbocycles. The Morgan fingerprint density at radius 1 is 0.966 bits per heavy atom.